The molecule has 0 spiro atoms. The lowest BCUT2D eigenvalue weighted by Gasteiger charge is -2.39. The van der Waals surface area contributed by atoms with Gasteiger partial charge in [0, 0.05) is 40.7 Å². The molecule has 1 amide bonds. The molecule has 3 unspecified atom stereocenters. The van der Waals surface area contributed by atoms with Crippen LogP contribution in [0.15, 0.2) is 48.0 Å². The maximum atomic E-state index is 13.6. The molecule has 1 saturated heterocycles. The number of hydrogen-bond donors (Lipinski definition) is 6. The second-order valence-corrected chi connectivity index (χ2v) is 11.8. The van der Waals surface area contributed by atoms with Crippen LogP contribution in [0.5, 0.6) is 5.75 Å². The Morgan fingerprint density at radius 1 is 1.07 bits per heavy atom. The van der Waals surface area contributed by atoms with Gasteiger partial charge in [0.05, 0.1) is 23.6 Å². The number of carbonyl (C=O) groups is 3. The average Bonchev–Trinajstić information content (AvgIpc) is 2.96. The van der Waals surface area contributed by atoms with Crippen LogP contribution in [0.2, 0.25) is 0 Å². The second kappa shape index (κ2) is 15.8. The number of phenols is 1. The molecule has 244 valence electrons. The Balaban J connectivity index is 0.00000170. The first kappa shape index (κ1) is 34.7. The number of nitrogens with one attached hydrogen (secondary N) is 2. The van der Waals surface area contributed by atoms with E-state index in [4.69, 9.17) is 5.73 Å². The Morgan fingerprint density at radius 3 is 2.34 bits per heavy atom. The first-order valence-corrected chi connectivity index (χ1v) is 15.0. The molecule has 44 heavy (non-hydrogen) atoms. The van der Waals surface area contributed by atoms with Gasteiger partial charge in [-0.3, -0.25) is 19.3 Å². The number of aliphatic hydroxyl groups excluding tert-OH is 2. The standard InChI is InChI=1S/C31H37N3O6.C2H7N.H2O.2H2/c32-25(37)16-24(36)26-20(10-13-35)15-21-14-19-6-7-23(29(38)27(19)31(40)28(21)30(26)39)33-22-8-11-34(12-9-22)17-18-4-2-1-3-5-18;1-3-2;;;/h1-7,20-22,26,33,35,38,40H,8-17H2,(H2,32,37);3H,1-2H3;1H2;2*1H. The summed E-state index contributed by atoms with van der Waals surface area (Å²) >= 11 is 0. The van der Waals surface area contributed by atoms with Crippen molar-refractivity contribution in [2.75, 3.05) is 39.1 Å². The van der Waals surface area contributed by atoms with Crippen LogP contribution in [0.3, 0.4) is 0 Å². The van der Waals surface area contributed by atoms with Crippen LogP contribution in [0.4, 0.5) is 5.69 Å². The smallest absolute Gasteiger partial charge is 0.224 e. The van der Waals surface area contributed by atoms with E-state index in [0.717, 1.165) is 38.0 Å². The maximum Gasteiger partial charge on any atom is 0.224 e. The zero-order valence-electron chi connectivity index (χ0n) is 25.5. The summed E-state index contributed by atoms with van der Waals surface area (Å²) in [7, 11) is 3.75. The number of nitrogens with two attached hydrogens (primary N) is 1. The maximum absolute atomic E-state index is 13.6. The molecule has 3 atom stereocenters. The molecule has 11 heteroatoms. The van der Waals surface area contributed by atoms with Crippen LogP contribution in [0.25, 0.3) is 5.76 Å². The zero-order valence-corrected chi connectivity index (χ0v) is 25.5. The number of aliphatic hydroxyl groups is 2. The molecule has 0 bridgehead atoms. The Kier molecular flexibility index (Phi) is 12.5. The van der Waals surface area contributed by atoms with Crippen molar-refractivity contribution in [1.82, 2.24) is 10.2 Å². The lowest BCUT2D eigenvalue weighted by molar-refractivity contribution is -0.137. The molecule has 11 nitrogen and oxygen atoms in total. The molecule has 1 saturated carbocycles. The number of ketones is 2. The first-order chi connectivity index (χ1) is 20.7. The number of likely N-dealkylation sites (tertiary alicyclic amines) is 1. The van der Waals surface area contributed by atoms with E-state index in [1.807, 2.05) is 44.4 Å². The normalized spacial score (nSPS) is 21.7. The third-order valence-corrected chi connectivity index (χ3v) is 8.63. The summed E-state index contributed by atoms with van der Waals surface area (Å²) in [6.45, 7) is 2.53. The van der Waals surface area contributed by atoms with E-state index in [2.05, 4.69) is 27.7 Å². The van der Waals surface area contributed by atoms with Gasteiger partial charge in [0.2, 0.25) is 5.91 Å². The van der Waals surface area contributed by atoms with Crippen LogP contribution in [0, 0.1) is 17.8 Å². The van der Waals surface area contributed by atoms with E-state index in [9.17, 15) is 29.7 Å². The molecule has 0 radical (unpaired) electrons. The minimum atomic E-state index is -1.15. The van der Waals surface area contributed by atoms with Crippen molar-refractivity contribution >= 4 is 28.9 Å². The van der Waals surface area contributed by atoms with Gasteiger partial charge in [-0.2, -0.15) is 0 Å². The second-order valence-electron chi connectivity index (χ2n) is 11.8. The van der Waals surface area contributed by atoms with Crippen molar-refractivity contribution < 1.29 is 38.0 Å². The van der Waals surface area contributed by atoms with Crippen molar-refractivity contribution in [2.45, 2.75) is 51.1 Å². The number of piperidine rings is 1. The summed E-state index contributed by atoms with van der Waals surface area (Å²) in [4.78, 5) is 40.2. The highest BCUT2D eigenvalue weighted by molar-refractivity contribution is 6.17. The highest BCUT2D eigenvalue weighted by Crippen LogP contribution is 2.48. The summed E-state index contributed by atoms with van der Waals surface area (Å²) in [6, 6.07) is 14.2. The Morgan fingerprint density at radius 2 is 1.73 bits per heavy atom. The lowest BCUT2D eigenvalue weighted by Crippen LogP contribution is -2.43. The molecular weight excluding hydrogens is 564 g/mol. The molecule has 2 aromatic rings. The van der Waals surface area contributed by atoms with Crippen LogP contribution in [-0.4, -0.2) is 83.0 Å². The van der Waals surface area contributed by atoms with Gasteiger partial charge in [-0.25, -0.2) is 0 Å². The van der Waals surface area contributed by atoms with Gasteiger partial charge in [-0.1, -0.05) is 36.4 Å². The number of benzene rings is 2. The number of allylic oxidation sites excluding steroid dienone is 1. The molecule has 2 aliphatic carbocycles. The Labute approximate surface area is 261 Å². The predicted molar refractivity (Wildman–Crippen MR) is 173 cm³/mol. The van der Waals surface area contributed by atoms with E-state index in [1.165, 1.54) is 5.56 Å². The zero-order chi connectivity index (χ0) is 31.1. The number of Topliss-reactive ketones (excluding diaryl/α,β-unsaturated/α-hetero) is 2. The summed E-state index contributed by atoms with van der Waals surface area (Å²) in [5.74, 6) is -4.34. The quantitative estimate of drug-likeness (QED) is 0.181. The number of aromatic hydroxyl groups is 1. The average molecular weight is 615 g/mol. The van der Waals surface area contributed by atoms with Crippen molar-refractivity contribution in [3.63, 3.8) is 0 Å². The molecule has 2 aromatic carbocycles. The highest BCUT2D eigenvalue weighted by atomic mass is 16.3. The van der Waals surface area contributed by atoms with Crippen molar-refractivity contribution in [1.29, 1.82) is 0 Å². The number of fused-ring (bicyclic) bond motifs is 2. The monoisotopic (exact) mass is 614 g/mol. The minimum Gasteiger partial charge on any atom is -0.507 e. The van der Waals surface area contributed by atoms with Gasteiger partial charge in [-0.15, -0.1) is 0 Å². The lowest BCUT2D eigenvalue weighted by atomic mass is 9.63. The predicted octanol–water partition coefficient (Wildman–Crippen LogP) is 2.45. The fourth-order valence-electron chi connectivity index (χ4n) is 6.72. The molecule has 5 rings (SSSR count). The largest absolute Gasteiger partial charge is 0.507 e. The Hall–Kier alpha value is -3.77. The Bertz CT molecular complexity index is 1350. The number of primary amides is 1. The van der Waals surface area contributed by atoms with E-state index in [1.54, 1.807) is 0 Å². The van der Waals surface area contributed by atoms with Gasteiger partial charge in [-0.05, 0) is 75.2 Å². The molecule has 3 aliphatic rings. The molecule has 0 aromatic heterocycles. The van der Waals surface area contributed by atoms with E-state index in [-0.39, 0.29) is 56.0 Å². The minimum absolute atomic E-state index is 0. The first-order valence-electron chi connectivity index (χ1n) is 15.0. The third-order valence-electron chi connectivity index (χ3n) is 8.63. The van der Waals surface area contributed by atoms with Crippen LogP contribution >= 0.6 is 0 Å². The summed E-state index contributed by atoms with van der Waals surface area (Å²) in [6.07, 6.45) is 2.28. The van der Waals surface area contributed by atoms with Crippen molar-refractivity contribution in [3.05, 3.63) is 64.7 Å². The molecule has 1 aliphatic heterocycles. The number of hydrogen-bond acceptors (Lipinski definition) is 9. The summed E-state index contributed by atoms with van der Waals surface area (Å²) in [5.41, 5.74) is 8.05. The van der Waals surface area contributed by atoms with Crippen molar-refractivity contribution in [2.24, 2.45) is 23.5 Å². The third kappa shape index (κ3) is 7.84. The van der Waals surface area contributed by atoms with Gasteiger partial charge < -0.3 is 37.2 Å². The number of nitrogens with zero attached hydrogens (tertiary/aromatic N) is 1. The fraction of sp³-hybridized carbons (Fsp3) is 0.485. The van der Waals surface area contributed by atoms with Gasteiger partial charge in [0.15, 0.2) is 11.6 Å². The number of phenolic OH excluding ortho intramolecular Hbond substituents is 1. The number of rotatable bonds is 9. The number of carbonyl (C=O) groups excluding carboxylic acids is 3. The molecule has 1 heterocycles. The van der Waals surface area contributed by atoms with Crippen LogP contribution < -0.4 is 16.4 Å². The van der Waals surface area contributed by atoms with Gasteiger partial charge in [0.25, 0.3) is 0 Å². The van der Waals surface area contributed by atoms with E-state index >= 15 is 0 Å². The van der Waals surface area contributed by atoms with Crippen LogP contribution in [0.1, 0.15) is 51.6 Å². The summed E-state index contributed by atoms with van der Waals surface area (Å²) < 4.78 is 0. The van der Waals surface area contributed by atoms with Crippen molar-refractivity contribution in [3.8, 4) is 5.75 Å². The highest BCUT2D eigenvalue weighted by Gasteiger charge is 2.47. The number of amides is 1. The van der Waals surface area contributed by atoms with Gasteiger partial charge >= 0.3 is 0 Å². The van der Waals surface area contributed by atoms with Crippen LogP contribution in [-0.2, 0) is 27.3 Å². The number of anilines is 1. The SMILES string of the molecule is CNC.NC(=O)CC(=O)C1C(=O)C2=C(O)c3c(ccc(NC4CCN(Cc5ccccc5)CC4)c3O)CC2CC1CCO.O.[HH].[HH]. The molecular formula is C33H50N4O7. The fourth-order valence-corrected chi connectivity index (χ4v) is 6.72. The summed E-state index contributed by atoms with van der Waals surface area (Å²) in [5, 5.41) is 38.3. The van der Waals surface area contributed by atoms with Gasteiger partial charge in [0.1, 0.15) is 11.5 Å². The van der Waals surface area contributed by atoms with E-state index in [0.29, 0.717) is 18.5 Å². The van der Waals surface area contributed by atoms with E-state index < -0.39 is 35.7 Å². The topological polar surface area (TPSA) is 197 Å². The molecule has 9 N–H and O–H groups in total. The molecule has 2 fully saturated rings.